The normalized spacial score (nSPS) is 11.2. The molecule has 2 aromatic rings. The van der Waals surface area contributed by atoms with Gasteiger partial charge in [-0.15, -0.1) is 0 Å². The maximum absolute atomic E-state index is 12.1. The minimum absolute atomic E-state index is 0.00173. The summed E-state index contributed by atoms with van der Waals surface area (Å²) >= 11 is 5.03. The van der Waals surface area contributed by atoms with E-state index in [9.17, 15) is 9.59 Å². The number of ether oxygens (including phenoxy) is 2. The zero-order valence-corrected chi connectivity index (χ0v) is 18.2. The summed E-state index contributed by atoms with van der Waals surface area (Å²) in [6.45, 7) is 4.03. The van der Waals surface area contributed by atoms with Crippen molar-refractivity contribution in [1.29, 1.82) is 0 Å². The molecule has 0 bridgehead atoms. The van der Waals surface area contributed by atoms with Crippen molar-refractivity contribution in [2.75, 3.05) is 13.7 Å². The molecular formula is C22H27N3O4S. The summed E-state index contributed by atoms with van der Waals surface area (Å²) < 4.78 is 10.7. The lowest BCUT2D eigenvalue weighted by Gasteiger charge is -2.16. The first-order valence-corrected chi connectivity index (χ1v) is 10.1. The number of carbonyl (C=O) groups is 2. The second-order valence-electron chi connectivity index (χ2n) is 6.71. The van der Waals surface area contributed by atoms with Gasteiger partial charge in [-0.05, 0) is 53.9 Å². The first kappa shape index (κ1) is 23.2. The smallest absolute Gasteiger partial charge is 0.276 e. The van der Waals surface area contributed by atoms with E-state index in [1.165, 1.54) is 0 Å². The van der Waals surface area contributed by atoms with Crippen LogP contribution in [-0.4, -0.2) is 30.6 Å². The van der Waals surface area contributed by atoms with Crippen LogP contribution >= 0.6 is 12.2 Å². The summed E-state index contributed by atoms with van der Waals surface area (Å²) in [6, 6.07) is 14.8. The van der Waals surface area contributed by atoms with Gasteiger partial charge in [0, 0.05) is 0 Å². The largest absolute Gasteiger partial charge is 0.497 e. The Morgan fingerprint density at radius 3 is 2.40 bits per heavy atom. The Morgan fingerprint density at radius 1 is 1.03 bits per heavy atom. The molecule has 0 aliphatic carbocycles. The molecule has 2 rings (SSSR count). The predicted octanol–water partition coefficient (Wildman–Crippen LogP) is 2.85. The third kappa shape index (κ3) is 7.36. The molecule has 0 fully saturated rings. The number of rotatable bonds is 8. The van der Waals surface area contributed by atoms with Crippen LogP contribution in [0.25, 0.3) is 0 Å². The van der Waals surface area contributed by atoms with E-state index in [0.717, 1.165) is 17.5 Å². The molecule has 3 N–H and O–H groups in total. The summed E-state index contributed by atoms with van der Waals surface area (Å²) in [4.78, 5) is 24.1. The molecule has 0 saturated heterocycles. The molecule has 2 aromatic carbocycles. The first-order chi connectivity index (χ1) is 14.4. The third-order valence-corrected chi connectivity index (χ3v) is 4.72. The summed E-state index contributed by atoms with van der Waals surface area (Å²) in [6.07, 6.45) is 1.12. The average molecular weight is 430 g/mol. The van der Waals surface area contributed by atoms with E-state index in [-0.39, 0.29) is 24.0 Å². The third-order valence-electron chi connectivity index (χ3n) is 4.51. The number of methoxy groups -OCH3 is 1. The van der Waals surface area contributed by atoms with Crippen LogP contribution in [0.3, 0.4) is 0 Å². The fourth-order valence-electron chi connectivity index (χ4n) is 2.68. The number of benzene rings is 2. The molecule has 8 heteroatoms. The number of hydrazine groups is 1. The highest BCUT2D eigenvalue weighted by Gasteiger charge is 2.12. The van der Waals surface area contributed by atoms with Gasteiger partial charge in [0.2, 0.25) is 5.91 Å². The van der Waals surface area contributed by atoms with Crippen LogP contribution < -0.4 is 25.6 Å². The van der Waals surface area contributed by atoms with Crippen LogP contribution in [0.15, 0.2) is 48.5 Å². The van der Waals surface area contributed by atoms with Gasteiger partial charge in [-0.25, -0.2) is 0 Å². The van der Waals surface area contributed by atoms with Gasteiger partial charge in [-0.3, -0.25) is 20.4 Å². The standard InChI is InChI=1S/C22H27N3O4S/c1-4-15(2)18-7-5-6-8-19(18)29-14-21(27)24-25-22(30)23-20(26)13-16-9-11-17(28-3)12-10-16/h5-12,15H,4,13-14H2,1-3H3,(H,24,27)(H2,23,25,26,30). The van der Waals surface area contributed by atoms with Gasteiger partial charge in [0.25, 0.3) is 5.91 Å². The van der Waals surface area contributed by atoms with E-state index in [1.54, 1.807) is 31.4 Å². The van der Waals surface area contributed by atoms with E-state index in [4.69, 9.17) is 21.7 Å². The van der Waals surface area contributed by atoms with Crippen LogP contribution in [-0.2, 0) is 16.0 Å². The van der Waals surface area contributed by atoms with E-state index >= 15 is 0 Å². The second-order valence-corrected chi connectivity index (χ2v) is 7.12. The highest BCUT2D eigenvalue weighted by Crippen LogP contribution is 2.28. The van der Waals surface area contributed by atoms with Crippen molar-refractivity contribution in [3.8, 4) is 11.5 Å². The highest BCUT2D eigenvalue weighted by atomic mass is 32.1. The zero-order chi connectivity index (χ0) is 21.9. The SMILES string of the molecule is CCC(C)c1ccccc1OCC(=O)NNC(=S)NC(=O)Cc1ccc(OC)cc1. The number of hydrogen-bond donors (Lipinski definition) is 3. The van der Waals surface area contributed by atoms with Crippen LogP contribution in [0.2, 0.25) is 0 Å². The number of carbonyl (C=O) groups excluding carboxylic acids is 2. The molecule has 1 atom stereocenters. The maximum Gasteiger partial charge on any atom is 0.276 e. The quantitative estimate of drug-likeness (QED) is 0.442. The molecule has 0 heterocycles. The fraction of sp³-hybridized carbons (Fsp3) is 0.318. The number of hydrogen-bond acceptors (Lipinski definition) is 5. The molecular weight excluding hydrogens is 402 g/mol. The fourth-order valence-corrected chi connectivity index (χ4v) is 2.84. The Bertz CT molecular complexity index is 871. The lowest BCUT2D eigenvalue weighted by molar-refractivity contribution is -0.124. The van der Waals surface area contributed by atoms with E-state index in [1.807, 2.05) is 24.3 Å². The van der Waals surface area contributed by atoms with Gasteiger partial charge in [-0.2, -0.15) is 0 Å². The van der Waals surface area contributed by atoms with Gasteiger partial charge in [-0.1, -0.05) is 44.2 Å². The lowest BCUT2D eigenvalue weighted by Crippen LogP contribution is -2.50. The van der Waals surface area contributed by atoms with Gasteiger partial charge in [0.1, 0.15) is 11.5 Å². The average Bonchev–Trinajstić information content (AvgIpc) is 2.76. The Hall–Kier alpha value is -3.13. The van der Waals surface area contributed by atoms with Crippen LogP contribution in [0, 0.1) is 0 Å². The van der Waals surface area contributed by atoms with Crippen molar-refractivity contribution < 1.29 is 19.1 Å². The van der Waals surface area contributed by atoms with Crippen molar-refractivity contribution in [2.24, 2.45) is 0 Å². The summed E-state index contributed by atoms with van der Waals surface area (Å²) in [5, 5.41) is 2.51. The maximum atomic E-state index is 12.1. The Kier molecular flexibility index (Phi) is 9.08. The molecule has 0 aromatic heterocycles. The zero-order valence-electron chi connectivity index (χ0n) is 17.4. The van der Waals surface area contributed by atoms with Crippen molar-refractivity contribution in [2.45, 2.75) is 32.6 Å². The lowest BCUT2D eigenvalue weighted by atomic mass is 9.98. The highest BCUT2D eigenvalue weighted by molar-refractivity contribution is 7.80. The minimum Gasteiger partial charge on any atom is -0.497 e. The summed E-state index contributed by atoms with van der Waals surface area (Å²) in [5.74, 6) is 1.01. The number of para-hydroxylation sites is 1. The van der Waals surface area contributed by atoms with E-state index < -0.39 is 5.91 Å². The van der Waals surface area contributed by atoms with Crippen molar-refractivity contribution in [3.05, 3.63) is 59.7 Å². The van der Waals surface area contributed by atoms with E-state index in [2.05, 4.69) is 30.0 Å². The van der Waals surface area contributed by atoms with Crippen LogP contribution in [0.4, 0.5) is 0 Å². The monoisotopic (exact) mass is 429 g/mol. The summed E-state index contributed by atoms with van der Waals surface area (Å²) in [5.41, 5.74) is 6.79. The van der Waals surface area contributed by atoms with Gasteiger partial charge in [0.05, 0.1) is 13.5 Å². The molecule has 2 amide bonds. The van der Waals surface area contributed by atoms with Crippen molar-refractivity contribution >= 4 is 29.1 Å². The molecule has 0 saturated carbocycles. The van der Waals surface area contributed by atoms with Gasteiger partial charge >= 0.3 is 0 Å². The van der Waals surface area contributed by atoms with Crippen LogP contribution in [0.5, 0.6) is 11.5 Å². The minimum atomic E-state index is -0.416. The van der Waals surface area contributed by atoms with Gasteiger partial charge < -0.3 is 14.8 Å². The molecule has 7 nitrogen and oxygen atoms in total. The molecule has 0 radical (unpaired) electrons. The Morgan fingerprint density at radius 2 is 1.73 bits per heavy atom. The van der Waals surface area contributed by atoms with Gasteiger partial charge in [0.15, 0.2) is 11.7 Å². The second kappa shape index (κ2) is 11.8. The Labute approximate surface area is 182 Å². The number of nitrogens with one attached hydrogen (secondary N) is 3. The van der Waals surface area contributed by atoms with Crippen molar-refractivity contribution in [1.82, 2.24) is 16.2 Å². The molecule has 1 unspecified atom stereocenters. The topological polar surface area (TPSA) is 88.7 Å². The van der Waals surface area contributed by atoms with E-state index in [0.29, 0.717) is 17.4 Å². The molecule has 0 aliphatic heterocycles. The van der Waals surface area contributed by atoms with Crippen LogP contribution in [0.1, 0.15) is 37.3 Å². The molecule has 0 aliphatic rings. The number of amides is 2. The molecule has 0 spiro atoms. The molecule has 160 valence electrons. The predicted molar refractivity (Wildman–Crippen MR) is 119 cm³/mol. The first-order valence-electron chi connectivity index (χ1n) is 9.66. The van der Waals surface area contributed by atoms with Crippen molar-refractivity contribution in [3.63, 3.8) is 0 Å². The Balaban J connectivity index is 1.74. The molecule has 30 heavy (non-hydrogen) atoms. The summed E-state index contributed by atoms with van der Waals surface area (Å²) in [7, 11) is 1.58. The number of thiocarbonyl (C=S) groups is 1.